The van der Waals surface area contributed by atoms with Crippen molar-refractivity contribution in [1.82, 2.24) is 4.98 Å². The van der Waals surface area contributed by atoms with Gasteiger partial charge in [0.05, 0.1) is 5.69 Å². The molecule has 2 N–H and O–H groups in total. The number of anilines is 1. The molecule has 0 bridgehead atoms. The predicted molar refractivity (Wildman–Crippen MR) is 83.9 cm³/mol. The van der Waals surface area contributed by atoms with E-state index in [9.17, 15) is 0 Å². The van der Waals surface area contributed by atoms with Gasteiger partial charge in [-0.1, -0.05) is 27.7 Å². The summed E-state index contributed by atoms with van der Waals surface area (Å²) in [7, 11) is 0. The molecule has 0 amide bonds. The van der Waals surface area contributed by atoms with E-state index in [1.807, 2.05) is 11.3 Å². The van der Waals surface area contributed by atoms with Crippen LogP contribution in [0.4, 0.5) is 5.13 Å². The van der Waals surface area contributed by atoms with Gasteiger partial charge in [-0.25, -0.2) is 4.98 Å². The Labute approximate surface area is 121 Å². The molecule has 2 rings (SSSR count). The zero-order valence-corrected chi connectivity index (χ0v) is 13.5. The van der Waals surface area contributed by atoms with Crippen molar-refractivity contribution in [1.29, 1.82) is 0 Å². The molecule has 19 heavy (non-hydrogen) atoms. The van der Waals surface area contributed by atoms with Crippen molar-refractivity contribution >= 4 is 16.5 Å². The average molecular weight is 281 g/mol. The predicted octanol–water partition coefficient (Wildman–Crippen LogP) is 3.74. The van der Waals surface area contributed by atoms with Crippen molar-refractivity contribution in [3.05, 3.63) is 10.6 Å². The Morgan fingerprint density at radius 2 is 2.16 bits per heavy atom. The average Bonchev–Trinajstić information content (AvgIpc) is 3.03. The fourth-order valence-corrected chi connectivity index (χ4v) is 4.06. The van der Waals surface area contributed by atoms with Gasteiger partial charge in [-0.2, -0.15) is 0 Å². The summed E-state index contributed by atoms with van der Waals surface area (Å²) in [4.78, 5) is 8.72. The molecule has 0 saturated carbocycles. The molecule has 0 aliphatic carbocycles. The highest BCUT2D eigenvalue weighted by Gasteiger charge is 2.30. The Kier molecular flexibility index (Phi) is 4.85. The Morgan fingerprint density at radius 3 is 2.74 bits per heavy atom. The van der Waals surface area contributed by atoms with Gasteiger partial charge in [0.1, 0.15) is 0 Å². The van der Waals surface area contributed by atoms with Gasteiger partial charge in [0.25, 0.3) is 0 Å². The highest BCUT2D eigenvalue weighted by Crippen LogP contribution is 2.36. The van der Waals surface area contributed by atoms with Crippen LogP contribution < -0.4 is 10.6 Å². The van der Waals surface area contributed by atoms with E-state index in [1.165, 1.54) is 28.5 Å². The quantitative estimate of drug-likeness (QED) is 0.894. The lowest BCUT2D eigenvalue weighted by atomic mass is 10.0. The van der Waals surface area contributed by atoms with Crippen LogP contribution in [-0.4, -0.2) is 17.6 Å². The van der Waals surface area contributed by atoms with E-state index in [0.29, 0.717) is 24.4 Å². The maximum atomic E-state index is 5.90. The summed E-state index contributed by atoms with van der Waals surface area (Å²) >= 11 is 1.81. The molecule has 1 aromatic rings. The summed E-state index contributed by atoms with van der Waals surface area (Å²) in [5.74, 6) is 1.21. The Morgan fingerprint density at radius 1 is 1.42 bits per heavy atom. The molecule has 0 aromatic carbocycles. The molecular formula is C15H27N3S. The second-order valence-electron chi connectivity index (χ2n) is 5.97. The minimum atomic E-state index is 0.517. The molecule has 0 radical (unpaired) electrons. The van der Waals surface area contributed by atoms with Gasteiger partial charge in [0, 0.05) is 24.0 Å². The highest BCUT2D eigenvalue weighted by atomic mass is 32.1. The zero-order valence-electron chi connectivity index (χ0n) is 12.6. The largest absolute Gasteiger partial charge is 0.345 e. The van der Waals surface area contributed by atoms with Crippen molar-refractivity contribution in [3.8, 4) is 0 Å². The van der Waals surface area contributed by atoms with Crippen LogP contribution in [0.3, 0.4) is 0 Å². The van der Waals surface area contributed by atoms with Crippen molar-refractivity contribution < 1.29 is 0 Å². The lowest BCUT2D eigenvalue weighted by Gasteiger charge is -2.27. The molecule has 1 saturated heterocycles. The van der Waals surface area contributed by atoms with Gasteiger partial charge >= 0.3 is 0 Å². The van der Waals surface area contributed by atoms with Crippen LogP contribution in [0.25, 0.3) is 0 Å². The molecule has 0 spiro atoms. The van der Waals surface area contributed by atoms with Gasteiger partial charge in [0.15, 0.2) is 5.13 Å². The molecular weight excluding hydrogens is 254 g/mol. The maximum absolute atomic E-state index is 5.90. The van der Waals surface area contributed by atoms with E-state index in [4.69, 9.17) is 10.7 Å². The van der Waals surface area contributed by atoms with E-state index in [-0.39, 0.29) is 0 Å². The minimum absolute atomic E-state index is 0.517. The van der Waals surface area contributed by atoms with Crippen LogP contribution in [-0.2, 0) is 6.54 Å². The van der Waals surface area contributed by atoms with Gasteiger partial charge in [-0.05, 0) is 31.1 Å². The molecule has 4 heteroatoms. The van der Waals surface area contributed by atoms with Gasteiger partial charge < -0.3 is 10.6 Å². The monoisotopic (exact) mass is 281 g/mol. The van der Waals surface area contributed by atoms with Crippen LogP contribution in [0.15, 0.2) is 0 Å². The molecule has 1 aliphatic rings. The third kappa shape index (κ3) is 2.95. The van der Waals surface area contributed by atoms with Crippen molar-refractivity contribution in [2.45, 2.75) is 65.5 Å². The molecule has 2 atom stereocenters. The summed E-state index contributed by atoms with van der Waals surface area (Å²) < 4.78 is 0. The third-order valence-electron chi connectivity index (χ3n) is 4.30. The maximum Gasteiger partial charge on any atom is 0.186 e. The molecule has 1 aliphatic heterocycles. The number of thiazole rings is 1. The number of hydrogen-bond donors (Lipinski definition) is 1. The third-order valence-corrected chi connectivity index (χ3v) is 5.43. The molecule has 108 valence electrons. The van der Waals surface area contributed by atoms with Crippen molar-refractivity contribution in [2.75, 3.05) is 11.4 Å². The first-order valence-electron chi connectivity index (χ1n) is 7.54. The van der Waals surface area contributed by atoms with Gasteiger partial charge in [-0.3, -0.25) is 0 Å². The van der Waals surface area contributed by atoms with E-state index in [2.05, 4.69) is 32.6 Å². The Balaban J connectivity index is 2.27. The number of hydrogen-bond acceptors (Lipinski definition) is 4. The first-order chi connectivity index (χ1) is 9.08. The van der Waals surface area contributed by atoms with E-state index < -0.39 is 0 Å². The Hall–Kier alpha value is -0.610. The lowest BCUT2D eigenvalue weighted by molar-refractivity contribution is 0.491. The molecule has 3 nitrogen and oxygen atoms in total. The molecule has 2 heterocycles. The SMILES string of the molecule is CCC(C)c1nc(N2CCCC2C(C)C)sc1CN. The van der Waals surface area contributed by atoms with Gasteiger partial charge in [-0.15, -0.1) is 11.3 Å². The van der Waals surface area contributed by atoms with Crippen LogP contribution in [0.2, 0.25) is 0 Å². The second-order valence-corrected chi connectivity index (χ2v) is 7.03. The van der Waals surface area contributed by atoms with Gasteiger partial charge in [0.2, 0.25) is 0 Å². The Bertz CT molecular complexity index is 414. The van der Waals surface area contributed by atoms with Crippen LogP contribution >= 0.6 is 11.3 Å². The standard InChI is InChI=1S/C15H27N3S/c1-5-11(4)14-13(9-16)19-15(17-14)18-8-6-7-12(18)10(2)3/h10-12H,5-9,16H2,1-4H3. The molecule has 1 fully saturated rings. The molecule has 2 unspecified atom stereocenters. The van der Waals surface area contributed by atoms with E-state index in [0.717, 1.165) is 13.0 Å². The molecule has 1 aromatic heterocycles. The van der Waals surface area contributed by atoms with Crippen molar-refractivity contribution in [3.63, 3.8) is 0 Å². The zero-order chi connectivity index (χ0) is 14.0. The van der Waals surface area contributed by atoms with Crippen LogP contribution in [0, 0.1) is 5.92 Å². The van der Waals surface area contributed by atoms with E-state index >= 15 is 0 Å². The van der Waals surface area contributed by atoms with E-state index in [1.54, 1.807) is 0 Å². The van der Waals surface area contributed by atoms with Crippen molar-refractivity contribution in [2.24, 2.45) is 11.7 Å². The summed E-state index contributed by atoms with van der Waals surface area (Å²) in [5.41, 5.74) is 7.14. The second kappa shape index (κ2) is 6.23. The smallest absolute Gasteiger partial charge is 0.186 e. The summed E-state index contributed by atoms with van der Waals surface area (Å²) in [5, 5.41) is 1.20. The topological polar surface area (TPSA) is 42.2 Å². The summed E-state index contributed by atoms with van der Waals surface area (Å²) in [6.45, 7) is 10.9. The number of aromatic nitrogens is 1. The lowest BCUT2D eigenvalue weighted by Crippen LogP contribution is -2.33. The fraction of sp³-hybridized carbons (Fsp3) is 0.800. The first kappa shape index (κ1) is 14.8. The number of nitrogens with zero attached hydrogens (tertiary/aromatic N) is 2. The first-order valence-corrected chi connectivity index (χ1v) is 8.36. The normalized spacial score (nSPS) is 21.4. The van der Waals surface area contributed by atoms with Crippen LogP contribution in [0.5, 0.6) is 0 Å². The van der Waals surface area contributed by atoms with Crippen LogP contribution in [0.1, 0.15) is 63.4 Å². The highest BCUT2D eigenvalue weighted by molar-refractivity contribution is 7.15. The number of rotatable bonds is 5. The minimum Gasteiger partial charge on any atom is -0.345 e. The number of nitrogens with two attached hydrogens (primary N) is 1. The summed E-state index contributed by atoms with van der Waals surface area (Å²) in [6, 6.07) is 0.654. The fourth-order valence-electron chi connectivity index (χ4n) is 2.92. The summed E-state index contributed by atoms with van der Waals surface area (Å²) in [6.07, 6.45) is 3.72.